The Balaban J connectivity index is 2.22. The average Bonchev–Trinajstić information content (AvgIpc) is 2.50. The summed E-state index contributed by atoms with van der Waals surface area (Å²) in [7, 11) is 1.32. The molecule has 1 heterocycles. The minimum Gasteiger partial charge on any atom is -0.469 e. The standard InChI is InChI=1S/C15H17BrFNO3/c1-21-13(19)9-10-5-2-3-8-18(10)15(20)11-6-4-7-12(16)14(11)17/h4,6-7,10H,2-3,5,8-9H2,1H3. The maximum atomic E-state index is 14.1. The first-order chi connectivity index (χ1) is 10.0. The van der Waals surface area contributed by atoms with Crippen molar-refractivity contribution in [2.75, 3.05) is 13.7 Å². The molecule has 21 heavy (non-hydrogen) atoms. The molecule has 1 aliphatic rings. The lowest BCUT2D eigenvalue weighted by atomic mass is 9.98. The van der Waals surface area contributed by atoms with Crippen LogP contribution in [-0.2, 0) is 9.53 Å². The minimum atomic E-state index is -0.565. The van der Waals surface area contributed by atoms with E-state index in [9.17, 15) is 14.0 Å². The molecule has 1 aliphatic heterocycles. The van der Waals surface area contributed by atoms with Gasteiger partial charge in [0.1, 0.15) is 5.82 Å². The number of likely N-dealkylation sites (tertiary alicyclic amines) is 1. The molecule has 1 fully saturated rings. The van der Waals surface area contributed by atoms with Crippen LogP contribution < -0.4 is 0 Å². The second-order valence-corrected chi connectivity index (χ2v) is 5.88. The van der Waals surface area contributed by atoms with Crippen LogP contribution in [-0.4, -0.2) is 36.5 Å². The van der Waals surface area contributed by atoms with Crippen molar-refractivity contribution < 1.29 is 18.7 Å². The highest BCUT2D eigenvalue weighted by molar-refractivity contribution is 9.10. The quantitative estimate of drug-likeness (QED) is 0.780. The molecule has 0 N–H and O–H groups in total. The fourth-order valence-corrected chi connectivity index (χ4v) is 2.95. The van der Waals surface area contributed by atoms with Crippen molar-refractivity contribution in [2.45, 2.75) is 31.7 Å². The van der Waals surface area contributed by atoms with Crippen molar-refractivity contribution in [3.05, 3.63) is 34.1 Å². The van der Waals surface area contributed by atoms with Crippen molar-refractivity contribution in [1.29, 1.82) is 0 Å². The van der Waals surface area contributed by atoms with Gasteiger partial charge in [-0.1, -0.05) is 6.07 Å². The van der Waals surface area contributed by atoms with Gasteiger partial charge in [0.15, 0.2) is 0 Å². The number of esters is 1. The number of halogens is 2. The fourth-order valence-electron chi connectivity index (χ4n) is 2.58. The van der Waals surface area contributed by atoms with E-state index in [1.807, 2.05) is 0 Å². The third kappa shape index (κ3) is 3.61. The summed E-state index contributed by atoms with van der Waals surface area (Å²) in [4.78, 5) is 25.6. The molecule has 1 saturated heterocycles. The summed E-state index contributed by atoms with van der Waals surface area (Å²) in [6.07, 6.45) is 2.69. The summed E-state index contributed by atoms with van der Waals surface area (Å²) in [6, 6.07) is 4.41. The van der Waals surface area contributed by atoms with Crippen molar-refractivity contribution in [3.8, 4) is 0 Å². The molecule has 114 valence electrons. The van der Waals surface area contributed by atoms with Gasteiger partial charge in [-0.3, -0.25) is 9.59 Å². The van der Waals surface area contributed by atoms with E-state index >= 15 is 0 Å². The van der Waals surface area contributed by atoms with E-state index in [-0.39, 0.29) is 34.4 Å². The van der Waals surface area contributed by atoms with Crippen LogP contribution in [0.4, 0.5) is 4.39 Å². The highest BCUT2D eigenvalue weighted by Crippen LogP contribution is 2.25. The van der Waals surface area contributed by atoms with Crippen LogP contribution in [0.25, 0.3) is 0 Å². The number of amides is 1. The van der Waals surface area contributed by atoms with Gasteiger partial charge in [-0.2, -0.15) is 0 Å². The number of benzene rings is 1. The lowest BCUT2D eigenvalue weighted by Crippen LogP contribution is -2.45. The van der Waals surface area contributed by atoms with Gasteiger partial charge < -0.3 is 9.64 Å². The molecule has 1 unspecified atom stereocenters. The molecule has 0 bridgehead atoms. The molecule has 1 aromatic rings. The SMILES string of the molecule is COC(=O)CC1CCCCN1C(=O)c1cccc(Br)c1F. The molecule has 0 radical (unpaired) electrons. The zero-order chi connectivity index (χ0) is 15.4. The largest absolute Gasteiger partial charge is 0.469 e. The number of carbonyl (C=O) groups excluding carboxylic acids is 2. The molecule has 0 aromatic heterocycles. The summed E-state index contributed by atoms with van der Waals surface area (Å²) in [6.45, 7) is 0.534. The minimum absolute atomic E-state index is 0.0288. The Morgan fingerprint density at radius 3 is 2.90 bits per heavy atom. The summed E-state index contributed by atoms with van der Waals surface area (Å²) < 4.78 is 19.0. The number of piperidine rings is 1. The van der Waals surface area contributed by atoms with Crippen LogP contribution in [0.5, 0.6) is 0 Å². The summed E-state index contributed by atoms with van der Waals surface area (Å²) in [5.74, 6) is -1.29. The van der Waals surface area contributed by atoms with Crippen molar-refractivity contribution in [1.82, 2.24) is 4.90 Å². The monoisotopic (exact) mass is 357 g/mol. The van der Waals surface area contributed by atoms with Crippen LogP contribution in [0.15, 0.2) is 22.7 Å². The average molecular weight is 358 g/mol. The topological polar surface area (TPSA) is 46.6 Å². The van der Waals surface area contributed by atoms with Crippen molar-refractivity contribution >= 4 is 27.8 Å². The Hall–Kier alpha value is -1.43. The third-order valence-corrected chi connectivity index (χ3v) is 4.31. The molecule has 0 aliphatic carbocycles. The second kappa shape index (κ2) is 7.02. The Labute approximate surface area is 131 Å². The smallest absolute Gasteiger partial charge is 0.307 e. The molecular formula is C15H17BrFNO3. The Bertz CT molecular complexity index is 550. The van der Waals surface area contributed by atoms with Gasteiger partial charge in [-0.05, 0) is 47.3 Å². The summed E-state index contributed by atoms with van der Waals surface area (Å²) >= 11 is 3.09. The normalized spacial score (nSPS) is 18.4. The van der Waals surface area contributed by atoms with Crippen LogP contribution in [0, 0.1) is 5.82 Å². The van der Waals surface area contributed by atoms with E-state index in [4.69, 9.17) is 0 Å². The molecular weight excluding hydrogens is 341 g/mol. The van der Waals surface area contributed by atoms with Gasteiger partial charge >= 0.3 is 5.97 Å². The Morgan fingerprint density at radius 1 is 1.43 bits per heavy atom. The van der Waals surface area contributed by atoms with E-state index in [2.05, 4.69) is 20.7 Å². The lowest BCUT2D eigenvalue weighted by Gasteiger charge is -2.35. The highest BCUT2D eigenvalue weighted by atomic mass is 79.9. The highest BCUT2D eigenvalue weighted by Gasteiger charge is 2.30. The number of carbonyl (C=O) groups is 2. The molecule has 0 saturated carbocycles. The predicted molar refractivity (Wildman–Crippen MR) is 79.4 cm³/mol. The first-order valence-electron chi connectivity index (χ1n) is 6.86. The second-order valence-electron chi connectivity index (χ2n) is 5.03. The number of hydrogen-bond donors (Lipinski definition) is 0. The van der Waals surface area contributed by atoms with Gasteiger partial charge in [0.05, 0.1) is 23.6 Å². The van der Waals surface area contributed by atoms with E-state index in [1.54, 1.807) is 17.0 Å². The first-order valence-corrected chi connectivity index (χ1v) is 7.65. The van der Waals surface area contributed by atoms with Crippen LogP contribution in [0.1, 0.15) is 36.0 Å². The van der Waals surface area contributed by atoms with E-state index < -0.39 is 5.82 Å². The maximum Gasteiger partial charge on any atom is 0.307 e. The number of nitrogens with zero attached hydrogens (tertiary/aromatic N) is 1. The maximum absolute atomic E-state index is 14.1. The van der Waals surface area contributed by atoms with Crippen LogP contribution in [0.2, 0.25) is 0 Å². The zero-order valence-electron chi connectivity index (χ0n) is 11.8. The van der Waals surface area contributed by atoms with E-state index in [0.29, 0.717) is 6.54 Å². The predicted octanol–water partition coefficient (Wildman–Crippen LogP) is 3.15. The van der Waals surface area contributed by atoms with E-state index in [0.717, 1.165) is 19.3 Å². The zero-order valence-corrected chi connectivity index (χ0v) is 13.4. The molecule has 1 atom stereocenters. The van der Waals surface area contributed by atoms with Gasteiger partial charge in [-0.25, -0.2) is 4.39 Å². The van der Waals surface area contributed by atoms with Gasteiger partial charge in [0.2, 0.25) is 0 Å². The molecule has 4 nitrogen and oxygen atoms in total. The Kier molecular flexibility index (Phi) is 5.33. The lowest BCUT2D eigenvalue weighted by molar-refractivity contribution is -0.142. The molecule has 1 amide bonds. The van der Waals surface area contributed by atoms with Crippen LogP contribution in [0.3, 0.4) is 0 Å². The number of hydrogen-bond acceptors (Lipinski definition) is 3. The summed E-state index contributed by atoms with van der Waals surface area (Å²) in [5.41, 5.74) is 0.0288. The van der Waals surface area contributed by atoms with Gasteiger partial charge in [-0.15, -0.1) is 0 Å². The number of ether oxygens (including phenoxy) is 1. The molecule has 6 heteroatoms. The fraction of sp³-hybridized carbons (Fsp3) is 0.467. The first kappa shape index (κ1) is 15.9. The molecule has 0 spiro atoms. The third-order valence-electron chi connectivity index (χ3n) is 3.70. The Morgan fingerprint density at radius 2 is 2.19 bits per heavy atom. The van der Waals surface area contributed by atoms with Crippen molar-refractivity contribution in [3.63, 3.8) is 0 Å². The van der Waals surface area contributed by atoms with Crippen LogP contribution >= 0.6 is 15.9 Å². The van der Waals surface area contributed by atoms with Gasteiger partial charge in [0.25, 0.3) is 5.91 Å². The summed E-state index contributed by atoms with van der Waals surface area (Å²) in [5, 5.41) is 0. The molecule has 2 rings (SSSR count). The van der Waals surface area contributed by atoms with E-state index in [1.165, 1.54) is 13.2 Å². The van der Waals surface area contributed by atoms with Gasteiger partial charge in [0, 0.05) is 12.6 Å². The van der Waals surface area contributed by atoms with Crippen molar-refractivity contribution in [2.24, 2.45) is 0 Å². The number of rotatable bonds is 3. The molecule has 1 aromatic carbocycles. The number of methoxy groups -OCH3 is 1.